The SMILES string of the molecule is CCOc1ccc(-c2noc(-c3nn(-c4cccc(OC)c4)c(=O)c4ccccc34)n2)cc1OC. The summed E-state index contributed by atoms with van der Waals surface area (Å²) in [4.78, 5) is 17.8. The molecule has 0 spiro atoms. The number of hydrogen-bond donors (Lipinski definition) is 0. The summed E-state index contributed by atoms with van der Waals surface area (Å²) < 4.78 is 23.2. The first-order valence-corrected chi connectivity index (χ1v) is 10.9. The Morgan fingerprint density at radius 3 is 2.51 bits per heavy atom. The van der Waals surface area contributed by atoms with Crippen LogP contribution in [-0.2, 0) is 0 Å². The second-order valence-electron chi connectivity index (χ2n) is 7.53. The van der Waals surface area contributed by atoms with Gasteiger partial charge in [-0.3, -0.25) is 4.79 Å². The molecule has 0 saturated carbocycles. The van der Waals surface area contributed by atoms with Gasteiger partial charge in [-0.05, 0) is 43.3 Å². The Bertz CT molecular complexity index is 1570. The van der Waals surface area contributed by atoms with Crippen LogP contribution in [0.1, 0.15) is 6.92 Å². The van der Waals surface area contributed by atoms with E-state index in [4.69, 9.17) is 18.7 Å². The number of benzene rings is 3. The van der Waals surface area contributed by atoms with Crippen molar-refractivity contribution in [2.45, 2.75) is 6.92 Å². The van der Waals surface area contributed by atoms with Crippen molar-refractivity contribution in [2.75, 3.05) is 20.8 Å². The standard InChI is InChI=1S/C26H22N4O5/c1-4-34-21-13-12-16(14-22(21)33-3)24-27-25(35-29-24)23-19-10-5-6-11-20(19)26(31)30(28-23)17-8-7-9-18(15-17)32-2/h5-15H,4H2,1-3H3. The minimum absolute atomic E-state index is 0.181. The van der Waals surface area contributed by atoms with Gasteiger partial charge < -0.3 is 18.7 Å². The molecule has 5 aromatic rings. The second-order valence-corrected chi connectivity index (χ2v) is 7.53. The number of aromatic nitrogens is 4. The van der Waals surface area contributed by atoms with Crippen LogP contribution in [-0.4, -0.2) is 40.7 Å². The van der Waals surface area contributed by atoms with E-state index in [0.717, 1.165) is 0 Å². The van der Waals surface area contributed by atoms with Gasteiger partial charge in [0.25, 0.3) is 11.4 Å². The molecular weight excluding hydrogens is 448 g/mol. The lowest BCUT2D eigenvalue weighted by Gasteiger charge is -2.10. The zero-order valence-corrected chi connectivity index (χ0v) is 19.4. The second kappa shape index (κ2) is 9.30. The monoisotopic (exact) mass is 470 g/mol. The van der Waals surface area contributed by atoms with E-state index in [2.05, 4.69) is 15.2 Å². The minimum Gasteiger partial charge on any atom is -0.497 e. The topological polar surface area (TPSA) is 102 Å². The largest absolute Gasteiger partial charge is 0.497 e. The van der Waals surface area contributed by atoms with Crippen LogP contribution in [0.2, 0.25) is 0 Å². The van der Waals surface area contributed by atoms with E-state index < -0.39 is 0 Å². The van der Waals surface area contributed by atoms with Crippen molar-refractivity contribution in [3.63, 3.8) is 0 Å². The number of hydrogen-bond acceptors (Lipinski definition) is 8. The van der Waals surface area contributed by atoms with Crippen LogP contribution in [0.5, 0.6) is 17.2 Å². The van der Waals surface area contributed by atoms with E-state index in [1.807, 2.05) is 19.1 Å². The molecule has 0 aliphatic heterocycles. The van der Waals surface area contributed by atoms with Gasteiger partial charge >= 0.3 is 0 Å². The summed E-state index contributed by atoms with van der Waals surface area (Å²) in [6.45, 7) is 2.42. The molecule has 0 N–H and O–H groups in total. The summed E-state index contributed by atoms with van der Waals surface area (Å²) in [5.74, 6) is 2.33. The van der Waals surface area contributed by atoms with Gasteiger partial charge in [-0.1, -0.05) is 29.4 Å². The molecule has 0 aliphatic carbocycles. The molecule has 0 bridgehead atoms. The summed E-state index contributed by atoms with van der Waals surface area (Å²) in [6, 6.07) is 19.7. The van der Waals surface area contributed by atoms with Crippen molar-refractivity contribution >= 4 is 10.8 Å². The molecule has 35 heavy (non-hydrogen) atoms. The normalized spacial score (nSPS) is 10.9. The number of ether oxygens (including phenoxy) is 3. The molecule has 176 valence electrons. The molecule has 0 aliphatic rings. The Hall–Kier alpha value is -4.66. The highest BCUT2D eigenvalue weighted by Crippen LogP contribution is 2.33. The summed E-state index contributed by atoms with van der Waals surface area (Å²) in [5.41, 5.74) is 1.36. The average molecular weight is 470 g/mol. The van der Waals surface area contributed by atoms with Crippen LogP contribution >= 0.6 is 0 Å². The highest BCUT2D eigenvalue weighted by Gasteiger charge is 2.20. The van der Waals surface area contributed by atoms with Gasteiger partial charge in [0.2, 0.25) is 5.82 Å². The van der Waals surface area contributed by atoms with Crippen molar-refractivity contribution in [1.82, 2.24) is 19.9 Å². The molecule has 3 aromatic carbocycles. The predicted molar refractivity (Wildman–Crippen MR) is 130 cm³/mol. The molecule has 2 heterocycles. The van der Waals surface area contributed by atoms with Crippen LogP contribution in [0, 0.1) is 0 Å². The fraction of sp³-hybridized carbons (Fsp3) is 0.154. The van der Waals surface area contributed by atoms with Crippen LogP contribution in [0.15, 0.2) is 76.0 Å². The number of rotatable bonds is 7. The number of fused-ring (bicyclic) bond motifs is 1. The van der Waals surface area contributed by atoms with Gasteiger partial charge in [0.15, 0.2) is 17.2 Å². The third-order valence-electron chi connectivity index (χ3n) is 5.45. The van der Waals surface area contributed by atoms with Crippen molar-refractivity contribution in [3.05, 3.63) is 77.1 Å². The minimum atomic E-state index is -0.270. The molecule has 9 nitrogen and oxygen atoms in total. The van der Waals surface area contributed by atoms with E-state index >= 15 is 0 Å². The maximum Gasteiger partial charge on any atom is 0.279 e. The molecule has 0 saturated heterocycles. The lowest BCUT2D eigenvalue weighted by Crippen LogP contribution is -2.22. The van der Waals surface area contributed by atoms with E-state index in [1.165, 1.54) is 4.68 Å². The third kappa shape index (κ3) is 4.08. The first kappa shape index (κ1) is 22.1. The Morgan fingerprint density at radius 1 is 0.914 bits per heavy atom. The molecule has 9 heteroatoms. The number of methoxy groups -OCH3 is 2. The van der Waals surface area contributed by atoms with Gasteiger partial charge in [0.1, 0.15) is 5.75 Å². The molecule has 0 radical (unpaired) electrons. The molecular formula is C26H22N4O5. The van der Waals surface area contributed by atoms with Crippen LogP contribution in [0.3, 0.4) is 0 Å². The van der Waals surface area contributed by atoms with E-state index in [0.29, 0.717) is 57.4 Å². The van der Waals surface area contributed by atoms with Crippen molar-refractivity contribution in [3.8, 4) is 45.9 Å². The Kier molecular flexibility index (Phi) is 5.88. The van der Waals surface area contributed by atoms with Gasteiger partial charge in [-0.15, -0.1) is 0 Å². The van der Waals surface area contributed by atoms with Crippen LogP contribution in [0.25, 0.3) is 39.4 Å². The highest BCUT2D eigenvalue weighted by molar-refractivity contribution is 5.92. The fourth-order valence-electron chi connectivity index (χ4n) is 3.78. The zero-order valence-electron chi connectivity index (χ0n) is 19.4. The molecule has 0 amide bonds. The first-order valence-electron chi connectivity index (χ1n) is 10.9. The lowest BCUT2D eigenvalue weighted by molar-refractivity contribution is 0.311. The predicted octanol–water partition coefficient (Wildman–Crippen LogP) is 4.52. The molecule has 0 unspecified atom stereocenters. The third-order valence-corrected chi connectivity index (χ3v) is 5.45. The summed E-state index contributed by atoms with van der Waals surface area (Å²) >= 11 is 0. The fourth-order valence-corrected chi connectivity index (χ4v) is 3.78. The quantitative estimate of drug-likeness (QED) is 0.342. The maximum absolute atomic E-state index is 13.3. The highest BCUT2D eigenvalue weighted by atomic mass is 16.5. The van der Waals surface area contributed by atoms with Crippen LogP contribution in [0.4, 0.5) is 0 Å². The van der Waals surface area contributed by atoms with Gasteiger partial charge in [-0.2, -0.15) is 14.8 Å². The Morgan fingerprint density at radius 2 is 1.74 bits per heavy atom. The molecule has 5 rings (SSSR count). The van der Waals surface area contributed by atoms with E-state index in [-0.39, 0.29) is 11.4 Å². The van der Waals surface area contributed by atoms with Gasteiger partial charge in [-0.25, -0.2) is 0 Å². The molecule has 0 fully saturated rings. The van der Waals surface area contributed by atoms with Crippen molar-refractivity contribution < 1.29 is 18.7 Å². The smallest absolute Gasteiger partial charge is 0.279 e. The Balaban J connectivity index is 1.64. The molecule has 2 aromatic heterocycles. The Labute approximate surface area is 200 Å². The van der Waals surface area contributed by atoms with Crippen molar-refractivity contribution in [2.24, 2.45) is 0 Å². The summed E-state index contributed by atoms with van der Waals surface area (Å²) in [6.07, 6.45) is 0. The van der Waals surface area contributed by atoms with Crippen LogP contribution < -0.4 is 19.8 Å². The van der Waals surface area contributed by atoms with E-state index in [9.17, 15) is 4.79 Å². The lowest BCUT2D eigenvalue weighted by atomic mass is 10.1. The zero-order chi connectivity index (χ0) is 24.4. The summed E-state index contributed by atoms with van der Waals surface area (Å²) in [7, 11) is 3.14. The van der Waals surface area contributed by atoms with Gasteiger partial charge in [0, 0.05) is 17.0 Å². The van der Waals surface area contributed by atoms with Crippen molar-refractivity contribution in [1.29, 1.82) is 0 Å². The van der Waals surface area contributed by atoms with E-state index in [1.54, 1.807) is 68.8 Å². The molecule has 0 atom stereocenters. The van der Waals surface area contributed by atoms with Gasteiger partial charge in [0.05, 0.1) is 31.9 Å². The first-order chi connectivity index (χ1) is 17.1. The summed E-state index contributed by atoms with van der Waals surface area (Å²) in [5, 5.41) is 9.83. The average Bonchev–Trinajstić information content (AvgIpc) is 3.39. The number of nitrogens with zero attached hydrogens (tertiary/aromatic N) is 4. The maximum atomic E-state index is 13.3.